The van der Waals surface area contributed by atoms with E-state index in [1.165, 1.54) is 38.0 Å². The summed E-state index contributed by atoms with van der Waals surface area (Å²) in [6.07, 6.45) is 0. The summed E-state index contributed by atoms with van der Waals surface area (Å²) in [5.41, 5.74) is 10.1. The Morgan fingerprint density at radius 3 is 1.83 bits per heavy atom. The summed E-state index contributed by atoms with van der Waals surface area (Å²) in [6.45, 7) is 0. The third-order valence-electron chi connectivity index (χ3n) is 11.4. The monoisotopic (exact) mass is 740 g/mol. The van der Waals surface area contributed by atoms with Gasteiger partial charge in [-0.05, 0) is 63.5 Å². The van der Waals surface area contributed by atoms with Crippen LogP contribution in [0.4, 0.5) is 0 Å². The van der Waals surface area contributed by atoms with Crippen LogP contribution in [0.15, 0.2) is 199 Å². The second-order valence-electron chi connectivity index (χ2n) is 14.8. The van der Waals surface area contributed by atoms with Crippen LogP contribution in [-0.4, -0.2) is 19.5 Å². The lowest BCUT2D eigenvalue weighted by Crippen LogP contribution is -2.00. The Kier molecular flexibility index (Phi) is 7.16. The second kappa shape index (κ2) is 12.8. The summed E-state index contributed by atoms with van der Waals surface area (Å²) in [5.74, 6) is 1.81. The van der Waals surface area contributed by atoms with Crippen LogP contribution in [0.1, 0.15) is 0 Å². The van der Waals surface area contributed by atoms with Crippen LogP contribution in [0, 0.1) is 0 Å². The SMILES string of the molecule is c1ccc(-n2c3ccccc3c3c4ccccc4ccc32)c(-c2ccc(-c3nc(-c4ccc5ccccc5c4)nc(-c4cccc5oc6ccccc6c45)n3)cc2)c1. The van der Waals surface area contributed by atoms with Gasteiger partial charge in [0.1, 0.15) is 11.2 Å². The van der Waals surface area contributed by atoms with Crippen molar-refractivity contribution in [3.8, 4) is 51.0 Å². The Bertz CT molecular complexity index is 3580. The summed E-state index contributed by atoms with van der Waals surface area (Å²) in [6, 6.07) is 68.1. The summed E-state index contributed by atoms with van der Waals surface area (Å²) >= 11 is 0. The molecule has 0 N–H and O–H groups in total. The molecule has 0 atom stereocenters. The predicted molar refractivity (Wildman–Crippen MR) is 238 cm³/mol. The first-order valence-electron chi connectivity index (χ1n) is 19.5. The van der Waals surface area contributed by atoms with Gasteiger partial charge in [-0.1, -0.05) is 158 Å². The first-order valence-corrected chi connectivity index (χ1v) is 19.5. The molecule has 0 aliphatic carbocycles. The number of furan rings is 1. The molecule has 0 saturated carbocycles. The maximum atomic E-state index is 6.28. The van der Waals surface area contributed by atoms with Crippen molar-refractivity contribution < 1.29 is 4.42 Å². The van der Waals surface area contributed by atoms with Crippen LogP contribution in [0.2, 0.25) is 0 Å². The fraction of sp³-hybridized carbons (Fsp3) is 0. The van der Waals surface area contributed by atoms with Crippen molar-refractivity contribution >= 4 is 65.3 Å². The minimum absolute atomic E-state index is 0.596. The highest BCUT2D eigenvalue weighted by atomic mass is 16.3. The molecule has 0 spiro atoms. The van der Waals surface area contributed by atoms with Gasteiger partial charge in [-0.2, -0.15) is 0 Å². The molecule has 0 aliphatic rings. The van der Waals surface area contributed by atoms with Crippen molar-refractivity contribution in [1.29, 1.82) is 0 Å². The van der Waals surface area contributed by atoms with Crippen molar-refractivity contribution in [2.45, 2.75) is 0 Å². The van der Waals surface area contributed by atoms with Crippen LogP contribution in [-0.2, 0) is 0 Å². The molecule has 12 rings (SSSR count). The topological polar surface area (TPSA) is 56.7 Å². The number of fused-ring (bicyclic) bond motifs is 9. The summed E-state index contributed by atoms with van der Waals surface area (Å²) < 4.78 is 8.69. The van der Waals surface area contributed by atoms with Gasteiger partial charge in [0.2, 0.25) is 0 Å². The van der Waals surface area contributed by atoms with Gasteiger partial charge in [0.05, 0.1) is 16.7 Å². The van der Waals surface area contributed by atoms with Crippen LogP contribution < -0.4 is 0 Å². The van der Waals surface area contributed by atoms with Crippen molar-refractivity contribution in [2.24, 2.45) is 0 Å². The molecule has 0 unspecified atom stereocenters. The predicted octanol–water partition coefficient (Wildman–Crippen LogP) is 13.8. The van der Waals surface area contributed by atoms with Crippen LogP contribution in [0.3, 0.4) is 0 Å². The van der Waals surface area contributed by atoms with E-state index in [1.807, 2.05) is 30.3 Å². The Morgan fingerprint density at radius 2 is 0.948 bits per heavy atom. The highest BCUT2D eigenvalue weighted by Crippen LogP contribution is 2.40. The lowest BCUT2D eigenvalue weighted by molar-refractivity contribution is 0.669. The minimum Gasteiger partial charge on any atom is -0.456 e. The molecule has 3 aromatic heterocycles. The average molecular weight is 741 g/mol. The maximum absolute atomic E-state index is 6.28. The first kappa shape index (κ1) is 32.4. The molecule has 0 amide bonds. The molecule has 9 aromatic carbocycles. The van der Waals surface area contributed by atoms with Gasteiger partial charge in [0.25, 0.3) is 0 Å². The largest absolute Gasteiger partial charge is 0.456 e. The molecule has 0 bridgehead atoms. The molecule has 58 heavy (non-hydrogen) atoms. The second-order valence-corrected chi connectivity index (χ2v) is 14.8. The van der Waals surface area contributed by atoms with E-state index in [4.69, 9.17) is 19.4 Å². The normalized spacial score (nSPS) is 11.8. The number of nitrogens with zero attached hydrogens (tertiary/aromatic N) is 4. The molecule has 0 fully saturated rings. The average Bonchev–Trinajstić information content (AvgIpc) is 3.85. The van der Waals surface area contributed by atoms with E-state index in [0.29, 0.717) is 17.5 Å². The molecule has 0 aliphatic heterocycles. The van der Waals surface area contributed by atoms with Crippen molar-refractivity contribution in [3.63, 3.8) is 0 Å². The minimum atomic E-state index is 0.596. The third-order valence-corrected chi connectivity index (χ3v) is 11.4. The van der Waals surface area contributed by atoms with E-state index in [9.17, 15) is 0 Å². The molecule has 0 radical (unpaired) electrons. The third kappa shape index (κ3) is 5.07. The smallest absolute Gasteiger partial charge is 0.164 e. The Hall–Kier alpha value is -7.89. The molecular formula is C53H32N4O. The fourth-order valence-electron chi connectivity index (χ4n) is 8.75. The van der Waals surface area contributed by atoms with Crippen LogP contribution in [0.25, 0.3) is 116 Å². The summed E-state index contributed by atoms with van der Waals surface area (Å²) in [4.78, 5) is 15.5. The highest BCUT2D eigenvalue weighted by molar-refractivity contribution is 6.21. The van der Waals surface area contributed by atoms with E-state index in [-0.39, 0.29) is 0 Å². The number of para-hydroxylation sites is 3. The Morgan fingerprint density at radius 1 is 0.345 bits per heavy atom. The maximum Gasteiger partial charge on any atom is 0.164 e. The van der Waals surface area contributed by atoms with Crippen molar-refractivity contribution in [2.75, 3.05) is 0 Å². The number of rotatable bonds is 5. The van der Waals surface area contributed by atoms with Gasteiger partial charge in [-0.15, -0.1) is 0 Å². The molecule has 5 nitrogen and oxygen atoms in total. The number of hydrogen-bond acceptors (Lipinski definition) is 4. The molecule has 270 valence electrons. The molecule has 12 aromatic rings. The fourth-order valence-corrected chi connectivity index (χ4v) is 8.75. The van der Waals surface area contributed by atoms with Gasteiger partial charge in [-0.25, -0.2) is 15.0 Å². The Balaban J connectivity index is 1.02. The van der Waals surface area contributed by atoms with Crippen molar-refractivity contribution in [3.05, 3.63) is 194 Å². The number of benzene rings is 9. The van der Waals surface area contributed by atoms with E-state index in [1.54, 1.807) is 0 Å². The van der Waals surface area contributed by atoms with Crippen LogP contribution in [0.5, 0.6) is 0 Å². The Labute approximate surface area is 333 Å². The van der Waals surface area contributed by atoms with Crippen molar-refractivity contribution in [1.82, 2.24) is 19.5 Å². The zero-order valence-corrected chi connectivity index (χ0v) is 31.2. The quantitative estimate of drug-likeness (QED) is 0.176. The van der Waals surface area contributed by atoms with Gasteiger partial charge in [0, 0.05) is 43.8 Å². The van der Waals surface area contributed by atoms with Gasteiger partial charge < -0.3 is 8.98 Å². The first-order chi connectivity index (χ1) is 28.7. The molecule has 5 heteroatoms. The zero-order chi connectivity index (χ0) is 38.2. The lowest BCUT2D eigenvalue weighted by atomic mass is 10.0. The van der Waals surface area contributed by atoms with E-state index >= 15 is 0 Å². The number of hydrogen-bond donors (Lipinski definition) is 0. The lowest BCUT2D eigenvalue weighted by Gasteiger charge is -2.15. The van der Waals surface area contributed by atoms with E-state index < -0.39 is 0 Å². The molecular weight excluding hydrogens is 709 g/mol. The molecule has 0 saturated heterocycles. The standard InChI is InChI=1S/C53H32N4O/c1-2-14-37-32-38(29-24-33(37)12-1)52-54-51(55-53(56-52)43-19-11-23-48-50(43)42-18-7-10-22-47(42)58-48)36-27-25-35(26-28-36)39-15-5-8-20-44(39)57-45-21-9-6-17-41(45)49-40-16-4-3-13-34(40)30-31-46(49)57/h1-32H. The number of aromatic nitrogens is 4. The van der Waals surface area contributed by atoms with E-state index in [2.05, 4.69) is 168 Å². The van der Waals surface area contributed by atoms with E-state index in [0.717, 1.165) is 60.8 Å². The zero-order valence-electron chi connectivity index (χ0n) is 31.2. The van der Waals surface area contributed by atoms with Gasteiger partial charge in [0.15, 0.2) is 17.5 Å². The highest BCUT2D eigenvalue weighted by Gasteiger charge is 2.20. The molecule has 3 heterocycles. The summed E-state index contributed by atoms with van der Waals surface area (Å²) in [5, 5.41) is 9.32. The van der Waals surface area contributed by atoms with Crippen LogP contribution >= 0.6 is 0 Å². The van der Waals surface area contributed by atoms with Gasteiger partial charge >= 0.3 is 0 Å². The van der Waals surface area contributed by atoms with Gasteiger partial charge in [-0.3, -0.25) is 0 Å². The summed E-state index contributed by atoms with van der Waals surface area (Å²) in [7, 11) is 0.